The first-order valence-corrected chi connectivity index (χ1v) is 8.86. The highest BCUT2D eigenvalue weighted by Gasteiger charge is 2.29. The number of amidine groups is 1. The van der Waals surface area contributed by atoms with Crippen molar-refractivity contribution in [1.29, 1.82) is 5.41 Å². The van der Waals surface area contributed by atoms with Crippen LogP contribution in [0.4, 0.5) is 0 Å². The molecular weight excluding hydrogens is 378 g/mol. The Morgan fingerprint density at radius 2 is 2.04 bits per heavy atom. The van der Waals surface area contributed by atoms with Crippen LogP contribution in [0.3, 0.4) is 0 Å². The summed E-state index contributed by atoms with van der Waals surface area (Å²) in [6.07, 6.45) is 0.574. The lowest BCUT2D eigenvalue weighted by Crippen LogP contribution is -2.28. The first-order valence-electron chi connectivity index (χ1n) is 7.19. The molecule has 1 aromatic heterocycles. The van der Waals surface area contributed by atoms with Crippen molar-refractivity contribution in [2.45, 2.75) is 6.42 Å². The summed E-state index contributed by atoms with van der Waals surface area (Å²) in [6.45, 7) is 0.931. The molecular formula is C16H16BrN3O2S. The maximum absolute atomic E-state index is 10.2. The first kappa shape index (κ1) is 16.2. The van der Waals surface area contributed by atoms with Crippen LogP contribution in [0.25, 0.3) is 16.8 Å². The third-order valence-electron chi connectivity index (χ3n) is 3.63. The van der Waals surface area contributed by atoms with Crippen LogP contribution in [0.15, 0.2) is 39.9 Å². The second kappa shape index (κ2) is 6.82. The quantitative estimate of drug-likeness (QED) is 0.725. The predicted octanol–water partition coefficient (Wildman–Crippen LogP) is 3.52. The van der Waals surface area contributed by atoms with E-state index in [-0.39, 0.29) is 18.2 Å². The molecule has 0 saturated carbocycles. The number of hydrogen-bond donors (Lipinski definition) is 3. The number of hydrogen-bond acceptors (Lipinski definition) is 5. The van der Waals surface area contributed by atoms with Gasteiger partial charge in [0.25, 0.3) is 0 Å². The number of aliphatic hydroxyl groups excluding tert-OH is 2. The fraction of sp³-hybridized carbons (Fsp3) is 0.250. The third kappa shape index (κ3) is 3.31. The van der Waals surface area contributed by atoms with Gasteiger partial charge in [-0.3, -0.25) is 5.41 Å². The van der Waals surface area contributed by atoms with Crippen LogP contribution in [0.5, 0.6) is 0 Å². The van der Waals surface area contributed by atoms with Crippen molar-refractivity contribution in [3.63, 3.8) is 0 Å². The highest BCUT2D eigenvalue weighted by atomic mass is 79.9. The molecule has 3 N–H and O–H groups in total. The van der Waals surface area contributed by atoms with Crippen molar-refractivity contribution in [2.24, 2.45) is 0 Å². The molecule has 1 aliphatic rings. The Hall–Kier alpha value is -1.70. The van der Waals surface area contributed by atoms with Gasteiger partial charge in [0, 0.05) is 28.6 Å². The molecule has 2 heterocycles. The minimum atomic E-state index is 0.0742. The number of aliphatic hydroxyl groups is 2. The average molecular weight is 394 g/mol. The van der Waals surface area contributed by atoms with Gasteiger partial charge in [-0.2, -0.15) is 0 Å². The summed E-state index contributed by atoms with van der Waals surface area (Å²) < 4.78 is 1.01. The van der Waals surface area contributed by atoms with Gasteiger partial charge in [0.15, 0.2) is 0 Å². The SMILES string of the molecule is N=C1C(c2nc(-c3ccc(Br)cc3)cs2)=C(O)CN1CCCO. The van der Waals surface area contributed by atoms with Gasteiger partial charge in [0.2, 0.25) is 0 Å². The van der Waals surface area contributed by atoms with E-state index in [1.807, 2.05) is 29.6 Å². The zero-order chi connectivity index (χ0) is 16.4. The zero-order valence-corrected chi connectivity index (χ0v) is 14.7. The average Bonchev–Trinajstić information content (AvgIpc) is 3.11. The highest BCUT2D eigenvalue weighted by Crippen LogP contribution is 2.32. The molecule has 0 bridgehead atoms. The molecule has 3 rings (SSSR count). The topological polar surface area (TPSA) is 80.4 Å². The summed E-state index contributed by atoms with van der Waals surface area (Å²) in [5.41, 5.74) is 2.33. The Morgan fingerprint density at radius 1 is 1.30 bits per heavy atom. The molecule has 120 valence electrons. The Labute approximate surface area is 146 Å². The molecule has 5 nitrogen and oxygen atoms in total. The van der Waals surface area contributed by atoms with E-state index in [9.17, 15) is 5.11 Å². The van der Waals surface area contributed by atoms with Gasteiger partial charge in [-0.15, -0.1) is 11.3 Å². The van der Waals surface area contributed by atoms with Crippen molar-refractivity contribution in [3.05, 3.63) is 44.9 Å². The fourth-order valence-electron chi connectivity index (χ4n) is 2.45. The number of rotatable bonds is 5. The first-order chi connectivity index (χ1) is 11.1. The molecule has 23 heavy (non-hydrogen) atoms. The number of aromatic nitrogens is 1. The summed E-state index contributed by atoms with van der Waals surface area (Å²) >= 11 is 4.83. The van der Waals surface area contributed by atoms with Crippen LogP contribution < -0.4 is 0 Å². The molecule has 0 spiro atoms. The summed E-state index contributed by atoms with van der Waals surface area (Å²) in [5.74, 6) is 0.442. The monoisotopic (exact) mass is 393 g/mol. The van der Waals surface area contributed by atoms with Gasteiger partial charge in [0.1, 0.15) is 16.6 Å². The van der Waals surface area contributed by atoms with Crippen molar-refractivity contribution in [2.75, 3.05) is 19.7 Å². The van der Waals surface area contributed by atoms with Gasteiger partial charge >= 0.3 is 0 Å². The van der Waals surface area contributed by atoms with E-state index >= 15 is 0 Å². The van der Waals surface area contributed by atoms with Crippen LogP contribution >= 0.6 is 27.3 Å². The maximum Gasteiger partial charge on any atom is 0.135 e. The lowest BCUT2D eigenvalue weighted by Gasteiger charge is -2.17. The van der Waals surface area contributed by atoms with Crippen molar-refractivity contribution >= 4 is 38.7 Å². The van der Waals surface area contributed by atoms with E-state index in [4.69, 9.17) is 10.5 Å². The van der Waals surface area contributed by atoms with Crippen molar-refractivity contribution in [3.8, 4) is 11.3 Å². The van der Waals surface area contributed by atoms with E-state index in [0.29, 0.717) is 30.1 Å². The molecule has 0 radical (unpaired) electrons. The summed E-state index contributed by atoms with van der Waals surface area (Å²) in [4.78, 5) is 6.33. The molecule has 1 aromatic carbocycles. The fourth-order valence-corrected chi connectivity index (χ4v) is 3.61. The Kier molecular flexibility index (Phi) is 4.79. The van der Waals surface area contributed by atoms with E-state index < -0.39 is 0 Å². The minimum absolute atomic E-state index is 0.0742. The Balaban J connectivity index is 1.84. The van der Waals surface area contributed by atoms with Crippen LogP contribution in [0, 0.1) is 5.41 Å². The lowest BCUT2D eigenvalue weighted by atomic mass is 10.2. The molecule has 2 aromatic rings. The minimum Gasteiger partial charge on any atom is -0.510 e. The number of halogens is 1. The molecule has 0 aliphatic carbocycles. The Morgan fingerprint density at radius 3 is 2.74 bits per heavy atom. The van der Waals surface area contributed by atoms with Gasteiger partial charge in [-0.25, -0.2) is 4.98 Å². The smallest absolute Gasteiger partial charge is 0.135 e. The van der Waals surface area contributed by atoms with Crippen molar-refractivity contribution < 1.29 is 10.2 Å². The molecule has 0 fully saturated rings. The van der Waals surface area contributed by atoms with E-state index in [1.54, 1.807) is 4.90 Å². The standard InChI is InChI=1S/C16H16BrN3O2S/c17-11-4-2-10(3-5-11)12-9-23-16(19-12)14-13(22)8-20(15(14)18)6-1-7-21/h2-5,9,18,21-22H,1,6-8H2. The molecule has 7 heteroatoms. The number of benzene rings is 1. The third-order valence-corrected chi connectivity index (χ3v) is 5.01. The van der Waals surface area contributed by atoms with Crippen molar-refractivity contribution in [1.82, 2.24) is 9.88 Å². The molecule has 0 atom stereocenters. The van der Waals surface area contributed by atoms with Crippen LogP contribution in [-0.4, -0.2) is 45.6 Å². The van der Waals surface area contributed by atoms with Gasteiger partial charge in [0.05, 0.1) is 17.8 Å². The van der Waals surface area contributed by atoms with Gasteiger partial charge in [-0.1, -0.05) is 28.1 Å². The second-order valence-electron chi connectivity index (χ2n) is 5.21. The summed E-state index contributed by atoms with van der Waals surface area (Å²) in [5, 5.41) is 29.9. The van der Waals surface area contributed by atoms with E-state index in [1.165, 1.54) is 11.3 Å². The number of nitrogens with zero attached hydrogens (tertiary/aromatic N) is 2. The maximum atomic E-state index is 10.2. The number of thiazole rings is 1. The van der Waals surface area contributed by atoms with Gasteiger partial charge < -0.3 is 15.1 Å². The zero-order valence-electron chi connectivity index (χ0n) is 12.3. The van der Waals surface area contributed by atoms with E-state index in [2.05, 4.69) is 20.9 Å². The van der Waals surface area contributed by atoms with Crippen LogP contribution in [0.2, 0.25) is 0 Å². The normalized spacial score (nSPS) is 14.9. The summed E-state index contributed by atoms with van der Waals surface area (Å²) in [7, 11) is 0. The Bertz CT molecular complexity index is 755. The van der Waals surface area contributed by atoms with E-state index in [0.717, 1.165) is 15.7 Å². The second-order valence-corrected chi connectivity index (χ2v) is 6.99. The molecule has 0 saturated heterocycles. The predicted molar refractivity (Wildman–Crippen MR) is 95.8 cm³/mol. The van der Waals surface area contributed by atoms with Gasteiger partial charge in [-0.05, 0) is 18.6 Å². The van der Waals surface area contributed by atoms with Crippen LogP contribution in [-0.2, 0) is 0 Å². The van der Waals surface area contributed by atoms with Crippen LogP contribution in [0.1, 0.15) is 11.4 Å². The molecule has 0 unspecified atom stereocenters. The molecule has 0 amide bonds. The largest absolute Gasteiger partial charge is 0.510 e. The highest BCUT2D eigenvalue weighted by molar-refractivity contribution is 9.10. The lowest BCUT2D eigenvalue weighted by molar-refractivity contribution is 0.265. The number of nitrogens with one attached hydrogen (secondary N) is 1. The molecule has 1 aliphatic heterocycles. The summed E-state index contributed by atoms with van der Waals surface area (Å²) in [6, 6.07) is 7.87.